The van der Waals surface area contributed by atoms with Gasteiger partial charge < -0.3 is 19.3 Å². The molecule has 1 aromatic carbocycles. The molecule has 0 saturated carbocycles. The number of aliphatic hydroxyl groups is 1. The minimum Gasteiger partial charge on any atom is -0.493 e. The highest BCUT2D eigenvalue weighted by Gasteiger charge is 2.36. The Labute approximate surface area is 107 Å². The molecule has 1 aliphatic heterocycles. The second-order valence-electron chi connectivity index (χ2n) is 4.27. The van der Waals surface area contributed by atoms with Gasteiger partial charge >= 0.3 is 0 Å². The van der Waals surface area contributed by atoms with Crippen LogP contribution in [0, 0.1) is 6.92 Å². The standard InChI is InChI=1S/C14H18O4/c1-4-16-13-10(2)11(9-15)5-6-12(13)14(3)17-7-8-18-14/h5-8,15H,4,9H2,1-3H3. The Morgan fingerprint density at radius 1 is 1.28 bits per heavy atom. The van der Waals surface area contributed by atoms with Crippen LogP contribution in [0.1, 0.15) is 30.5 Å². The van der Waals surface area contributed by atoms with Crippen LogP contribution in [0.2, 0.25) is 0 Å². The van der Waals surface area contributed by atoms with Crippen molar-refractivity contribution in [2.45, 2.75) is 33.2 Å². The van der Waals surface area contributed by atoms with Crippen LogP contribution >= 0.6 is 0 Å². The number of ether oxygens (including phenoxy) is 3. The fraction of sp³-hybridized carbons (Fsp3) is 0.429. The topological polar surface area (TPSA) is 47.9 Å². The molecule has 0 radical (unpaired) electrons. The first kappa shape index (κ1) is 12.8. The summed E-state index contributed by atoms with van der Waals surface area (Å²) in [5.74, 6) is -0.140. The quantitative estimate of drug-likeness (QED) is 0.892. The highest BCUT2D eigenvalue weighted by molar-refractivity contribution is 5.48. The second-order valence-corrected chi connectivity index (χ2v) is 4.27. The van der Waals surface area contributed by atoms with Crippen molar-refractivity contribution in [1.29, 1.82) is 0 Å². The van der Waals surface area contributed by atoms with Gasteiger partial charge in [-0.1, -0.05) is 6.07 Å². The molecule has 1 N–H and O–H groups in total. The van der Waals surface area contributed by atoms with Gasteiger partial charge in [0.15, 0.2) is 0 Å². The molecule has 0 fully saturated rings. The number of benzene rings is 1. The van der Waals surface area contributed by atoms with Crippen molar-refractivity contribution in [3.8, 4) is 5.75 Å². The Bertz CT molecular complexity index is 457. The molecule has 0 aliphatic carbocycles. The summed E-state index contributed by atoms with van der Waals surface area (Å²) in [7, 11) is 0. The van der Waals surface area contributed by atoms with Crippen molar-refractivity contribution in [2.24, 2.45) is 0 Å². The zero-order chi connectivity index (χ0) is 13.2. The summed E-state index contributed by atoms with van der Waals surface area (Å²) in [4.78, 5) is 0. The van der Waals surface area contributed by atoms with Crippen LogP contribution in [0.4, 0.5) is 0 Å². The Hall–Kier alpha value is -1.68. The van der Waals surface area contributed by atoms with Crippen molar-refractivity contribution in [1.82, 2.24) is 0 Å². The zero-order valence-electron chi connectivity index (χ0n) is 10.9. The Morgan fingerprint density at radius 2 is 1.94 bits per heavy atom. The van der Waals surface area contributed by atoms with Gasteiger partial charge in [0.05, 0.1) is 18.8 Å². The summed E-state index contributed by atoms with van der Waals surface area (Å²) in [5, 5.41) is 9.30. The molecule has 0 spiro atoms. The fourth-order valence-corrected chi connectivity index (χ4v) is 2.06. The van der Waals surface area contributed by atoms with Crippen molar-refractivity contribution < 1.29 is 19.3 Å². The molecule has 0 saturated heterocycles. The minimum atomic E-state index is -0.858. The summed E-state index contributed by atoms with van der Waals surface area (Å²) in [6.45, 7) is 6.22. The van der Waals surface area contributed by atoms with Crippen LogP contribution in [0.3, 0.4) is 0 Å². The second kappa shape index (κ2) is 4.90. The fourth-order valence-electron chi connectivity index (χ4n) is 2.06. The lowest BCUT2D eigenvalue weighted by Crippen LogP contribution is -2.24. The monoisotopic (exact) mass is 250 g/mol. The number of hydrogen-bond acceptors (Lipinski definition) is 4. The highest BCUT2D eigenvalue weighted by atomic mass is 16.7. The number of aliphatic hydroxyl groups excluding tert-OH is 1. The molecule has 1 aromatic rings. The molecule has 4 heteroatoms. The molecule has 2 rings (SSSR count). The van der Waals surface area contributed by atoms with Gasteiger partial charge in [-0.2, -0.15) is 0 Å². The first-order valence-corrected chi connectivity index (χ1v) is 5.99. The van der Waals surface area contributed by atoms with Crippen LogP contribution in [-0.4, -0.2) is 11.7 Å². The molecule has 1 aliphatic rings. The third kappa shape index (κ3) is 2.04. The summed E-state index contributed by atoms with van der Waals surface area (Å²) < 4.78 is 16.7. The van der Waals surface area contributed by atoms with E-state index >= 15 is 0 Å². The molecular formula is C14H18O4. The lowest BCUT2D eigenvalue weighted by molar-refractivity contribution is -0.134. The lowest BCUT2D eigenvalue weighted by atomic mass is 9.98. The van der Waals surface area contributed by atoms with Gasteiger partial charge in [0.1, 0.15) is 18.3 Å². The molecule has 0 bridgehead atoms. The minimum absolute atomic E-state index is 0.0110. The summed E-state index contributed by atoms with van der Waals surface area (Å²) in [5.41, 5.74) is 2.58. The summed E-state index contributed by atoms with van der Waals surface area (Å²) in [6.07, 6.45) is 3.04. The SMILES string of the molecule is CCOc1c(C2(C)OC=CO2)ccc(CO)c1C. The predicted molar refractivity (Wildman–Crippen MR) is 66.9 cm³/mol. The zero-order valence-corrected chi connectivity index (χ0v) is 10.9. The molecule has 0 unspecified atom stereocenters. The maximum atomic E-state index is 9.30. The first-order valence-electron chi connectivity index (χ1n) is 5.99. The Balaban J connectivity index is 2.49. The third-order valence-electron chi connectivity index (χ3n) is 3.11. The van der Waals surface area contributed by atoms with E-state index in [1.807, 2.05) is 32.9 Å². The number of hydrogen-bond donors (Lipinski definition) is 1. The molecule has 0 aromatic heterocycles. The molecule has 1 heterocycles. The van der Waals surface area contributed by atoms with Crippen molar-refractivity contribution in [3.05, 3.63) is 41.3 Å². The van der Waals surface area contributed by atoms with E-state index in [1.165, 1.54) is 12.5 Å². The van der Waals surface area contributed by atoms with Gasteiger partial charge in [-0.3, -0.25) is 0 Å². The van der Waals surface area contributed by atoms with Crippen LogP contribution < -0.4 is 4.74 Å². The predicted octanol–water partition coefficient (Wildman–Crippen LogP) is 2.58. The van der Waals surface area contributed by atoms with Gasteiger partial charge in [0.25, 0.3) is 5.79 Å². The number of rotatable bonds is 4. The molecule has 98 valence electrons. The third-order valence-corrected chi connectivity index (χ3v) is 3.11. The Morgan fingerprint density at radius 3 is 2.50 bits per heavy atom. The van der Waals surface area contributed by atoms with Crippen molar-refractivity contribution in [3.63, 3.8) is 0 Å². The van der Waals surface area contributed by atoms with E-state index in [2.05, 4.69) is 0 Å². The van der Waals surface area contributed by atoms with Crippen LogP contribution in [0.25, 0.3) is 0 Å². The average Bonchev–Trinajstić information content (AvgIpc) is 2.80. The van der Waals surface area contributed by atoms with Gasteiger partial charge in [0, 0.05) is 6.92 Å². The van der Waals surface area contributed by atoms with Crippen LogP contribution in [0.15, 0.2) is 24.7 Å². The molecular weight excluding hydrogens is 232 g/mol. The van der Waals surface area contributed by atoms with E-state index in [9.17, 15) is 5.11 Å². The first-order chi connectivity index (χ1) is 8.62. The maximum absolute atomic E-state index is 9.30. The molecule has 0 atom stereocenters. The lowest BCUT2D eigenvalue weighted by Gasteiger charge is -2.27. The maximum Gasteiger partial charge on any atom is 0.277 e. The summed E-state index contributed by atoms with van der Waals surface area (Å²) in [6, 6.07) is 3.74. The van der Waals surface area contributed by atoms with E-state index in [-0.39, 0.29) is 6.61 Å². The van der Waals surface area contributed by atoms with Gasteiger partial charge in [-0.05, 0) is 31.0 Å². The van der Waals surface area contributed by atoms with Crippen LogP contribution in [0.5, 0.6) is 5.75 Å². The summed E-state index contributed by atoms with van der Waals surface area (Å²) >= 11 is 0. The van der Waals surface area contributed by atoms with Gasteiger partial charge in [-0.25, -0.2) is 0 Å². The smallest absolute Gasteiger partial charge is 0.277 e. The highest BCUT2D eigenvalue weighted by Crippen LogP contribution is 2.40. The van der Waals surface area contributed by atoms with E-state index in [0.717, 1.165) is 22.4 Å². The average molecular weight is 250 g/mol. The largest absolute Gasteiger partial charge is 0.493 e. The van der Waals surface area contributed by atoms with Crippen molar-refractivity contribution >= 4 is 0 Å². The van der Waals surface area contributed by atoms with E-state index < -0.39 is 5.79 Å². The molecule has 4 nitrogen and oxygen atoms in total. The van der Waals surface area contributed by atoms with E-state index in [4.69, 9.17) is 14.2 Å². The van der Waals surface area contributed by atoms with Gasteiger partial charge in [0.2, 0.25) is 0 Å². The van der Waals surface area contributed by atoms with Gasteiger partial charge in [-0.15, -0.1) is 0 Å². The molecule has 0 amide bonds. The Kier molecular flexibility index (Phi) is 3.48. The van der Waals surface area contributed by atoms with Crippen LogP contribution in [-0.2, 0) is 21.9 Å². The molecule has 18 heavy (non-hydrogen) atoms. The van der Waals surface area contributed by atoms with E-state index in [0.29, 0.717) is 6.61 Å². The van der Waals surface area contributed by atoms with Crippen molar-refractivity contribution in [2.75, 3.05) is 6.61 Å². The normalized spacial score (nSPS) is 16.2. The van der Waals surface area contributed by atoms with E-state index in [1.54, 1.807) is 0 Å².